The van der Waals surface area contributed by atoms with Crippen LogP contribution in [0.5, 0.6) is 0 Å². The van der Waals surface area contributed by atoms with Crippen molar-refractivity contribution in [3.63, 3.8) is 0 Å². The minimum absolute atomic E-state index is 0.176. The zero-order chi connectivity index (χ0) is 9.19. The molecule has 0 radical (unpaired) electrons. The van der Waals surface area contributed by atoms with Crippen molar-refractivity contribution in [1.82, 2.24) is 0 Å². The first-order valence-corrected chi connectivity index (χ1v) is 4.28. The van der Waals surface area contributed by atoms with Gasteiger partial charge in [-0.1, -0.05) is 32.9 Å². The summed E-state index contributed by atoms with van der Waals surface area (Å²) in [5.41, 5.74) is 1.46. The van der Waals surface area contributed by atoms with Crippen LogP contribution < -0.4 is 0 Å². The third-order valence-corrected chi connectivity index (χ3v) is 1.96. The second-order valence-electron chi connectivity index (χ2n) is 4.11. The summed E-state index contributed by atoms with van der Waals surface area (Å²) in [5.74, 6) is 0.366. The molecule has 1 aliphatic carbocycles. The van der Waals surface area contributed by atoms with Crippen LogP contribution in [0.4, 0.5) is 0 Å². The molecule has 1 heteroatoms. The first kappa shape index (κ1) is 9.11. The molecule has 0 atom stereocenters. The fraction of sp³-hybridized carbons (Fsp3) is 0.455. The maximum absolute atomic E-state index is 9.21. The van der Waals surface area contributed by atoms with Gasteiger partial charge in [-0.15, -0.1) is 0 Å². The number of rotatable bonds is 0. The number of hydrogen-bond acceptors (Lipinski definition) is 1. The Hall–Kier alpha value is -0.980. The van der Waals surface area contributed by atoms with Gasteiger partial charge in [0.1, 0.15) is 5.76 Å². The topological polar surface area (TPSA) is 20.2 Å². The maximum atomic E-state index is 9.21. The summed E-state index contributed by atoms with van der Waals surface area (Å²) in [7, 11) is 0. The molecular weight excluding hydrogens is 148 g/mol. The molecule has 1 rings (SSSR count). The van der Waals surface area contributed by atoms with Crippen molar-refractivity contribution in [2.45, 2.75) is 27.2 Å². The Morgan fingerprint density at radius 1 is 1.17 bits per heavy atom. The largest absolute Gasteiger partial charge is 0.508 e. The lowest BCUT2D eigenvalue weighted by molar-refractivity contribution is 0.430. The van der Waals surface area contributed by atoms with Crippen LogP contribution in [-0.2, 0) is 0 Å². The summed E-state index contributed by atoms with van der Waals surface area (Å²) in [4.78, 5) is 0. The molecule has 0 aromatic rings. The third-order valence-electron chi connectivity index (χ3n) is 1.96. The number of aliphatic hydroxyl groups excluding tert-OH is 1. The van der Waals surface area contributed by atoms with Gasteiger partial charge < -0.3 is 5.11 Å². The standard InChI is InChI=1S/C11H16O/c1-11(2,3)9-5-4-6-10(12)8-7-9/h5-8,12H,4H2,1-3H3. The van der Waals surface area contributed by atoms with Gasteiger partial charge in [0, 0.05) is 0 Å². The molecule has 0 spiro atoms. The van der Waals surface area contributed by atoms with Crippen LogP contribution in [0.3, 0.4) is 0 Å². The van der Waals surface area contributed by atoms with Gasteiger partial charge in [-0.25, -0.2) is 0 Å². The van der Waals surface area contributed by atoms with E-state index < -0.39 is 0 Å². The highest BCUT2D eigenvalue weighted by Crippen LogP contribution is 2.28. The molecule has 1 aliphatic rings. The molecule has 0 aromatic heterocycles. The van der Waals surface area contributed by atoms with Gasteiger partial charge in [-0.3, -0.25) is 0 Å². The Labute approximate surface area is 74.1 Å². The van der Waals surface area contributed by atoms with Crippen LogP contribution in [-0.4, -0.2) is 5.11 Å². The molecular formula is C11H16O. The van der Waals surface area contributed by atoms with Crippen molar-refractivity contribution in [3.8, 4) is 0 Å². The van der Waals surface area contributed by atoms with Gasteiger partial charge in [-0.2, -0.15) is 0 Å². The third kappa shape index (κ3) is 2.26. The van der Waals surface area contributed by atoms with Crippen molar-refractivity contribution < 1.29 is 5.11 Å². The molecule has 0 aliphatic heterocycles. The summed E-state index contributed by atoms with van der Waals surface area (Å²) in [5, 5.41) is 9.21. The summed E-state index contributed by atoms with van der Waals surface area (Å²) >= 11 is 0. The minimum atomic E-state index is 0.176. The lowest BCUT2D eigenvalue weighted by Crippen LogP contribution is -2.06. The molecule has 0 aromatic carbocycles. The average Bonchev–Trinajstić information content (AvgIpc) is 2.11. The highest BCUT2D eigenvalue weighted by Gasteiger charge is 2.14. The van der Waals surface area contributed by atoms with E-state index in [0.717, 1.165) is 6.42 Å². The molecule has 66 valence electrons. The second-order valence-corrected chi connectivity index (χ2v) is 4.11. The van der Waals surface area contributed by atoms with Crippen molar-refractivity contribution >= 4 is 0 Å². The molecule has 1 nitrogen and oxygen atoms in total. The predicted molar refractivity (Wildman–Crippen MR) is 52.0 cm³/mol. The van der Waals surface area contributed by atoms with Crippen molar-refractivity contribution in [2.75, 3.05) is 0 Å². The van der Waals surface area contributed by atoms with Crippen molar-refractivity contribution in [1.29, 1.82) is 0 Å². The molecule has 0 saturated carbocycles. The van der Waals surface area contributed by atoms with Crippen molar-refractivity contribution in [3.05, 3.63) is 35.6 Å². The van der Waals surface area contributed by atoms with Gasteiger partial charge in [0.05, 0.1) is 0 Å². The van der Waals surface area contributed by atoms with Gasteiger partial charge in [0.2, 0.25) is 0 Å². The Morgan fingerprint density at radius 2 is 1.83 bits per heavy atom. The van der Waals surface area contributed by atoms with Crippen molar-refractivity contribution in [2.24, 2.45) is 5.41 Å². The second kappa shape index (κ2) is 3.18. The zero-order valence-electron chi connectivity index (χ0n) is 7.96. The summed E-state index contributed by atoms with van der Waals surface area (Å²) in [6, 6.07) is 0. The van der Waals surface area contributed by atoms with Gasteiger partial charge >= 0.3 is 0 Å². The van der Waals surface area contributed by atoms with Crippen LogP contribution in [0.1, 0.15) is 27.2 Å². The molecule has 0 heterocycles. The molecule has 0 bridgehead atoms. The molecule has 12 heavy (non-hydrogen) atoms. The molecule has 0 fully saturated rings. The van der Waals surface area contributed by atoms with Crippen LogP contribution in [0.15, 0.2) is 35.6 Å². The Kier molecular flexibility index (Phi) is 2.41. The fourth-order valence-electron chi connectivity index (χ4n) is 1.17. The van der Waals surface area contributed by atoms with E-state index in [0.29, 0.717) is 5.76 Å². The van der Waals surface area contributed by atoms with E-state index in [1.54, 1.807) is 6.08 Å². The monoisotopic (exact) mass is 164 g/mol. The van der Waals surface area contributed by atoms with Gasteiger partial charge in [-0.05, 0) is 29.6 Å². The van der Waals surface area contributed by atoms with E-state index in [4.69, 9.17) is 0 Å². The van der Waals surface area contributed by atoms with E-state index in [2.05, 4.69) is 26.8 Å². The molecule has 0 amide bonds. The van der Waals surface area contributed by atoms with E-state index in [-0.39, 0.29) is 5.41 Å². The molecule has 0 unspecified atom stereocenters. The molecule has 0 saturated heterocycles. The lowest BCUT2D eigenvalue weighted by Gasteiger charge is -2.19. The fourth-order valence-corrected chi connectivity index (χ4v) is 1.17. The number of hydrogen-bond donors (Lipinski definition) is 1. The number of allylic oxidation sites excluding steroid dienone is 5. The summed E-state index contributed by atoms with van der Waals surface area (Å²) in [6.07, 6.45) is 8.53. The maximum Gasteiger partial charge on any atom is 0.111 e. The van der Waals surface area contributed by atoms with E-state index in [1.165, 1.54) is 5.57 Å². The van der Waals surface area contributed by atoms with E-state index in [1.807, 2.05) is 12.2 Å². The molecule has 1 N–H and O–H groups in total. The smallest absolute Gasteiger partial charge is 0.111 e. The highest BCUT2D eigenvalue weighted by molar-refractivity contribution is 5.32. The van der Waals surface area contributed by atoms with Crippen LogP contribution in [0, 0.1) is 5.41 Å². The Balaban J connectivity index is 2.85. The SMILES string of the molecule is CC(C)(C)C1=CCC=C(O)C=C1. The van der Waals surface area contributed by atoms with Crippen LogP contribution >= 0.6 is 0 Å². The van der Waals surface area contributed by atoms with Gasteiger partial charge in [0.25, 0.3) is 0 Å². The summed E-state index contributed by atoms with van der Waals surface area (Å²) < 4.78 is 0. The van der Waals surface area contributed by atoms with Gasteiger partial charge in [0.15, 0.2) is 0 Å². The quantitative estimate of drug-likeness (QED) is 0.582. The van der Waals surface area contributed by atoms with E-state index in [9.17, 15) is 5.11 Å². The Bertz CT molecular complexity index is 249. The minimum Gasteiger partial charge on any atom is -0.508 e. The Morgan fingerprint density at radius 3 is 2.42 bits per heavy atom. The lowest BCUT2D eigenvalue weighted by atomic mass is 9.86. The van der Waals surface area contributed by atoms with Crippen LogP contribution in [0.25, 0.3) is 0 Å². The first-order chi connectivity index (χ1) is 5.50. The predicted octanol–water partition coefficient (Wildman–Crippen LogP) is 3.36. The number of aliphatic hydroxyl groups is 1. The first-order valence-electron chi connectivity index (χ1n) is 4.28. The highest BCUT2D eigenvalue weighted by atomic mass is 16.3. The zero-order valence-corrected chi connectivity index (χ0v) is 7.96. The summed E-state index contributed by atoms with van der Waals surface area (Å²) in [6.45, 7) is 6.52. The normalized spacial score (nSPS) is 18.2. The average molecular weight is 164 g/mol. The van der Waals surface area contributed by atoms with Crippen LogP contribution in [0.2, 0.25) is 0 Å². The van der Waals surface area contributed by atoms with E-state index >= 15 is 0 Å².